The molecule has 1 aromatic rings. The first-order valence-electron chi connectivity index (χ1n) is 6.52. The van der Waals surface area contributed by atoms with Crippen molar-refractivity contribution in [1.82, 2.24) is 10.2 Å². The summed E-state index contributed by atoms with van der Waals surface area (Å²) in [5, 5.41) is 2.66. The Morgan fingerprint density at radius 3 is 2.60 bits per heavy atom. The van der Waals surface area contributed by atoms with Crippen LogP contribution in [0.15, 0.2) is 18.2 Å². The van der Waals surface area contributed by atoms with E-state index in [-0.39, 0.29) is 17.4 Å². The lowest BCUT2D eigenvalue weighted by Crippen LogP contribution is -2.53. The number of amides is 2. The summed E-state index contributed by atoms with van der Waals surface area (Å²) in [4.78, 5) is 24.8. The highest BCUT2D eigenvalue weighted by Gasteiger charge is 2.29. The van der Waals surface area contributed by atoms with E-state index in [2.05, 4.69) is 5.32 Å². The molecular weight excluding hydrogens is 266 g/mol. The molecule has 1 aliphatic heterocycles. The summed E-state index contributed by atoms with van der Waals surface area (Å²) in [6.45, 7) is 3.49. The molecule has 1 heterocycles. The smallest absolute Gasteiger partial charge is 0.251 e. The third-order valence-corrected chi connectivity index (χ3v) is 3.35. The van der Waals surface area contributed by atoms with Crippen LogP contribution in [0.5, 0.6) is 0 Å². The summed E-state index contributed by atoms with van der Waals surface area (Å²) >= 11 is 0. The lowest BCUT2D eigenvalue weighted by Gasteiger charge is -2.39. The fourth-order valence-electron chi connectivity index (χ4n) is 2.10. The predicted octanol–water partition coefficient (Wildman–Crippen LogP) is 1.56. The third-order valence-electron chi connectivity index (χ3n) is 3.35. The molecular formula is C14H16F2N2O2. The molecule has 0 aliphatic carbocycles. The fourth-order valence-corrected chi connectivity index (χ4v) is 2.10. The van der Waals surface area contributed by atoms with Crippen LogP contribution in [0.1, 0.15) is 23.7 Å². The second-order valence-corrected chi connectivity index (χ2v) is 4.86. The van der Waals surface area contributed by atoms with Gasteiger partial charge in [-0.25, -0.2) is 8.78 Å². The van der Waals surface area contributed by atoms with Gasteiger partial charge in [0, 0.05) is 37.5 Å². The van der Waals surface area contributed by atoms with Crippen molar-refractivity contribution in [1.29, 1.82) is 0 Å². The minimum atomic E-state index is -1.04. The Labute approximate surface area is 115 Å². The number of benzene rings is 1. The quantitative estimate of drug-likeness (QED) is 0.911. The third kappa shape index (κ3) is 3.12. The van der Waals surface area contributed by atoms with Crippen LogP contribution in [-0.2, 0) is 4.79 Å². The average Bonchev–Trinajstić information content (AvgIpc) is 2.39. The Morgan fingerprint density at radius 1 is 1.30 bits per heavy atom. The minimum absolute atomic E-state index is 0.0877. The fraction of sp³-hybridized carbons (Fsp3) is 0.429. The van der Waals surface area contributed by atoms with Crippen molar-refractivity contribution in [3.8, 4) is 0 Å². The van der Waals surface area contributed by atoms with Gasteiger partial charge in [0.1, 0.15) is 0 Å². The van der Waals surface area contributed by atoms with E-state index in [1.54, 1.807) is 11.8 Å². The van der Waals surface area contributed by atoms with Gasteiger partial charge in [-0.1, -0.05) is 6.92 Å². The van der Waals surface area contributed by atoms with E-state index in [0.29, 0.717) is 26.1 Å². The molecule has 0 bridgehead atoms. The summed E-state index contributed by atoms with van der Waals surface area (Å²) in [6.07, 6.45) is 0.480. The monoisotopic (exact) mass is 282 g/mol. The van der Waals surface area contributed by atoms with Gasteiger partial charge in [0.05, 0.1) is 0 Å². The van der Waals surface area contributed by atoms with Crippen LogP contribution < -0.4 is 5.32 Å². The van der Waals surface area contributed by atoms with Gasteiger partial charge in [-0.3, -0.25) is 9.59 Å². The van der Waals surface area contributed by atoms with Crippen LogP contribution in [0, 0.1) is 17.6 Å². The Morgan fingerprint density at radius 2 is 2.00 bits per heavy atom. The van der Waals surface area contributed by atoms with Gasteiger partial charge in [0.2, 0.25) is 5.91 Å². The maximum atomic E-state index is 13.0. The number of rotatable bonds is 4. The van der Waals surface area contributed by atoms with Crippen molar-refractivity contribution < 1.29 is 18.4 Å². The largest absolute Gasteiger partial charge is 0.352 e. The zero-order chi connectivity index (χ0) is 14.7. The summed E-state index contributed by atoms with van der Waals surface area (Å²) in [6, 6.07) is 3.04. The second kappa shape index (κ2) is 5.98. The number of nitrogens with one attached hydrogen (secondary N) is 1. The van der Waals surface area contributed by atoms with Gasteiger partial charge in [-0.2, -0.15) is 0 Å². The van der Waals surface area contributed by atoms with Gasteiger partial charge in [-0.15, -0.1) is 0 Å². The number of hydrogen-bond donors (Lipinski definition) is 1. The first-order chi connectivity index (χ1) is 9.51. The van der Waals surface area contributed by atoms with Crippen molar-refractivity contribution in [2.45, 2.75) is 13.3 Å². The standard InChI is InChI=1S/C14H16F2N2O2/c1-2-13(19)18-7-9(8-18)6-17-14(20)10-3-4-11(15)12(16)5-10/h3-5,9H,2,6-8H2,1H3,(H,17,20). The molecule has 0 saturated carbocycles. The highest BCUT2D eigenvalue weighted by Crippen LogP contribution is 2.16. The molecule has 2 amide bonds. The number of nitrogens with zero attached hydrogens (tertiary/aromatic N) is 1. The van der Waals surface area contributed by atoms with E-state index in [4.69, 9.17) is 0 Å². The number of halogens is 2. The summed E-state index contributed by atoms with van der Waals surface area (Å²) < 4.78 is 25.7. The molecule has 108 valence electrons. The Balaban J connectivity index is 1.79. The molecule has 20 heavy (non-hydrogen) atoms. The molecule has 2 rings (SSSR count). The van der Waals surface area contributed by atoms with Crippen molar-refractivity contribution in [2.24, 2.45) is 5.92 Å². The molecule has 0 radical (unpaired) electrons. The van der Waals surface area contributed by atoms with E-state index in [0.717, 1.165) is 12.1 Å². The molecule has 0 unspecified atom stereocenters. The number of carbonyl (C=O) groups is 2. The summed E-state index contributed by atoms with van der Waals surface area (Å²) in [7, 11) is 0. The maximum Gasteiger partial charge on any atom is 0.251 e. The van der Waals surface area contributed by atoms with E-state index >= 15 is 0 Å². The van der Waals surface area contributed by atoms with Gasteiger partial charge in [0.15, 0.2) is 11.6 Å². The van der Waals surface area contributed by atoms with Gasteiger partial charge < -0.3 is 10.2 Å². The lowest BCUT2D eigenvalue weighted by atomic mass is 9.99. The van der Waals surface area contributed by atoms with E-state index in [1.165, 1.54) is 6.07 Å². The highest BCUT2D eigenvalue weighted by molar-refractivity contribution is 5.94. The molecule has 1 saturated heterocycles. The van der Waals surface area contributed by atoms with Crippen molar-refractivity contribution >= 4 is 11.8 Å². The van der Waals surface area contributed by atoms with Crippen LogP contribution in [0.25, 0.3) is 0 Å². The van der Waals surface area contributed by atoms with Crippen LogP contribution in [-0.4, -0.2) is 36.3 Å². The summed E-state index contributed by atoms with van der Waals surface area (Å²) in [5.41, 5.74) is 0.0877. The topological polar surface area (TPSA) is 49.4 Å². The van der Waals surface area contributed by atoms with Crippen LogP contribution in [0.3, 0.4) is 0 Å². The first-order valence-corrected chi connectivity index (χ1v) is 6.52. The number of likely N-dealkylation sites (tertiary alicyclic amines) is 1. The zero-order valence-corrected chi connectivity index (χ0v) is 11.2. The van der Waals surface area contributed by atoms with Gasteiger partial charge >= 0.3 is 0 Å². The van der Waals surface area contributed by atoms with Crippen LogP contribution in [0.4, 0.5) is 8.78 Å². The molecule has 0 spiro atoms. The number of hydrogen-bond acceptors (Lipinski definition) is 2. The first kappa shape index (κ1) is 14.4. The van der Waals surface area contributed by atoms with Crippen molar-refractivity contribution in [3.05, 3.63) is 35.4 Å². The maximum absolute atomic E-state index is 13.0. The molecule has 0 aromatic heterocycles. The zero-order valence-electron chi connectivity index (χ0n) is 11.2. The number of carbonyl (C=O) groups excluding carboxylic acids is 2. The summed E-state index contributed by atoms with van der Waals surface area (Å²) in [5.74, 6) is -2.13. The lowest BCUT2D eigenvalue weighted by molar-refractivity contribution is -0.136. The average molecular weight is 282 g/mol. The van der Waals surface area contributed by atoms with Gasteiger partial charge in [0.25, 0.3) is 5.91 Å². The Hall–Kier alpha value is -1.98. The second-order valence-electron chi connectivity index (χ2n) is 4.86. The molecule has 0 atom stereocenters. The molecule has 1 fully saturated rings. The van der Waals surface area contributed by atoms with E-state index < -0.39 is 17.5 Å². The minimum Gasteiger partial charge on any atom is -0.352 e. The van der Waals surface area contributed by atoms with E-state index in [1.807, 2.05) is 0 Å². The molecule has 1 aromatic carbocycles. The molecule has 6 heteroatoms. The van der Waals surface area contributed by atoms with Crippen molar-refractivity contribution in [2.75, 3.05) is 19.6 Å². The predicted molar refractivity (Wildman–Crippen MR) is 69.1 cm³/mol. The van der Waals surface area contributed by atoms with Crippen LogP contribution >= 0.6 is 0 Å². The van der Waals surface area contributed by atoms with E-state index in [9.17, 15) is 18.4 Å². The highest BCUT2D eigenvalue weighted by atomic mass is 19.2. The molecule has 1 aliphatic rings. The normalized spacial score (nSPS) is 14.8. The SMILES string of the molecule is CCC(=O)N1CC(CNC(=O)c2ccc(F)c(F)c2)C1. The Kier molecular flexibility index (Phi) is 4.32. The van der Waals surface area contributed by atoms with Crippen molar-refractivity contribution in [3.63, 3.8) is 0 Å². The van der Waals surface area contributed by atoms with Crippen LogP contribution in [0.2, 0.25) is 0 Å². The Bertz CT molecular complexity index is 528. The molecule has 4 nitrogen and oxygen atoms in total. The molecule has 1 N–H and O–H groups in total. The van der Waals surface area contributed by atoms with Gasteiger partial charge in [-0.05, 0) is 18.2 Å².